The van der Waals surface area contributed by atoms with Crippen molar-refractivity contribution in [2.45, 2.75) is 19.0 Å². The fraction of sp³-hybridized carbons (Fsp3) is 0.375. The number of aromatic hydroxyl groups is 1. The Bertz CT molecular complexity index is 576. The SMILES string of the molecule is CN(Cc1c(O)ccc2ccccc12)C1CCOC1. The van der Waals surface area contributed by atoms with E-state index in [4.69, 9.17) is 4.74 Å². The van der Waals surface area contributed by atoms with E-state index in [9.17, 15) is 5.11 Å². The molecule has 0 aromatic heterocycles. The first-order valence-corrected chi connectivity index (χ1v) is 6.73. The zero-order chi connectivity index (χ0) is 13.2. The first-order chi connectivity index (χ1) is 9.25. The van der Waals surface area contributed by atoms with E-state index >= 15 is 0 Å². The largest absolute Gasteiger partial charge is 0.508 e. The van der Waals surface area contributed by atoms with Gasteiger partial charge in [-0.2, -0.15) is 0 Å². The van der Waals surface area contributed by atoms with Gasteiger partial charge in [0.1, 0.15) is 5.75 Å². The minimum absolute atomic E-state index is 0.379. The van der Waals surface area contributed by atoms with E-state index in [2.05, 4.69) is 24.1 Å². The average Bonchev–Trinajstić information content (AvgIpc) is 2.96. The molecule has 0 amide bonds. The average molecular weight is 257 g/mol. The lowest BCUT2D eigenvalue weighted by molar-refractivity contribution is 0.156. The molecule has 19 heavy (non-hydrogen) atoms. The number of hydrogen-bond donors (Lipinski definition) is 1. The van der Waals surface area contributed by atoms with Crippen LogP contribution in [0, 0.1) is 0 Å². The van der Waals surface area contributed by atoms with Crippen LogP contribution in [0.1, 0.15) is 12.0 Å². The molecule has 0 bridgehead atoms. The molecular weight excluding hydrogens is 238 g/mol. The molecule has 2 aromatic carbocycles. The van der Waals surface area contributed by atoms with Crippen LogP contribution in [0.2, 0.25) is 0 Å². The van der Waals surface area contributed by atoms with E-state index in [0.717, 1.165) is 37.1 Å². The summed E-state index contributed by atoms with van der Waals surface area (Å²) < 4.78 is 5.43. The van der Waals surface area contributed by atoms with Crippen molar-refractivity contribution in [3.63, 3.8) is 0 Å². The van der Waals surface area contributed by atoms with Gasteiger partial charge in [-0.3, -0.25) is 4.90 Å². The third kappa shape index (κ3) is 2.44. The van der Waals surface area contributed by atoms with Crippen LogP contribution in [0.4, 0.5) is 0 Å². The first kappa shape index (κ1) is 12.5. The minimum atomic E-state index is 0.379. The Labute approximate surface area is 113 Å². The molecule has 1 aliphatic heterocycles. The molecule has 1 fully saturated rings. The van der Waals surface area contributed by atoms with Crippen molar-refractivity contribution >= 4 is 10.8 Å². The van der Waals surface area contributed by atoms with E-state index < -0.39 is 0 Å². The number of phenols is 1. The van der Waals surface area contributed by atoms with E-state index in [1.165, 1.54) is 5.39 Å². The Hall–Kier alpha value is -1.58. The Kier molecular flexibility index (Phi) is 3.40. The maximum absolute atomic E-state index is 10.1. The molecule has 0 spiro atoms. The van der Waals surface area contributed by atoms with E-state index in [0.29, 0.717) is 11.8 Å². The van der Waals surface area contributed by atoms with E-state index in [1.807, 2.05) is 18.2 Å². The summed E-state index contributed by atoms with van der Waals surface area (Å²) in [4.78, 5) is 2.27. The van der Waals surface area contributed by atoms with Gasteiger partial charge in [0.05, 0.1) is 6.61 Å². The van der Waals surface area contributed by atoms with Crippen LogP contribution in [0.15, 0.2) is 36.4 Å². The summed E-state index contributed by atoms with van der Waals surface area (Å²) in [7, 11) is 2.10. The quantitative estimate of drug-likeness (QED) is 0.917. The number of benzene rings is 2. The van der Waals surface area contributed by atoms with Gasteiger partial charge in [-0.05, 0) is 30.3 Å². The lowest BCUT2D eigenvalue weighted by Crippen LogP contribution is -2.31. The number of nitrogens with zero attached hydrogens (tertiary/aromatic N) is 1. The lowest BCUT2D eigenvalue weighted by atomic mass is 10.0. The van der Waals surface area contributed by atoms with Crippen molar-refractivity contribution in [1.82, 2.24) is 4.90 Å². The number of ether oxygens (including phenoxy) is 1. The molecule has 1 atom stereocenters. The monoisotopic (exact) mass is 257 g/mol. The van der Waals surface area contributed by atoms with Crippen molar-refractivity contribution in [1.29, 1.82) is 0 Å². The fourth-order valence-electron chi connectivity index (χ4n) is 2.74. The maximum Gasteiger partial charge on any atom is 0.120 e. The van der Waals surface area contributed by atoms with Crippen LogP contribution >= 0.6 is 0 Å². The Balaban J connectivity index is 1.92. The standard InChI is InChI=1S/C16H19NO2/c1-17(13-8-9-19-11-13)10-15-14-5-3-2-4-12(14)6-7-16(15)18/h2-7,13,18H,8-11H2,1H3. The number of rotatable bonds is 3. The first-order valence-electron chi connectivity index (χ1n) is 6.73. The molecule has 1 aliphatic rings. The molecule has 0 radical (unpaired) electrons. The highest BCUT2D eigenvalue weighted by Gasteiger charge is 2.21. The van der Waals surface area contributed by atoms with Crippen LogP contribution in [0.5, 0.6) is 5.75 Å². The van der Waals surface area contributed by atoms with Crippen molar-refractivity contribution in [3.8, 4) is 5.75 Å². The molecule has 1 unspecified atom stereocenters. The fourth-order valence-corrected chi connectivity index (χ4v) is 2.74. The molecule has 3 rings (SSSR count). The summed E-state index contributed by atoms with van der Waals surface area (Å²) in [6, 6.07) is 12.4. The van der Waals surface area contributed by atoms with Gasteiger partial charge in [0, 0.05) is 24.8 Å². The third-order valence-electron chi connectivity index (χ3n) is 3.95. The molecule has 100 valence electrons. The van der Waals surface area contributed by atoms with Crippen molar-refractivity contribution in [2.75, 3.05) is 20.3 Å². The second-order valence-corrected chi connectivity index (χ2v) is 5.22. The highest BCUT2D eigenvalue weighted by molar-refractivity contribution is 5.87. The predicted molar refractivity (Wildman–Crippen MR) is 76.3 cm³/mol. The Morgan fingerprint density at radius 3 is 2.89 bits per heavy atom. The molecule has 1 saturated heterocycles. The summed E-state index contributed by atoms with van der Waals surface area (Å²) >= 11 is 0. The molecule has 2 aromatic rings. The summed E-state index contributed by atoms with van der Waals surface area (Å²) in [6.45, 7) is 2.39. The van der Waals surface area contributed by atoms with Crippen LogP contribution in [0.25, 0.3) is 10.8 Å². The maximum atomic E-state index is 10.1. The van der Waals surface area contributed by atoms with Crippen molar-refractivity contribution in [2.24, 2.45) is 0 Å². The van der Waals surface area contributed by atoms with Gasteiger partial charge in [-0.15, -0.1) is 0 Å². The molecule has 1 N–H and O–H groups in total. The van der Waals surface area contributed by atoms with Gasteiger partial charge < -0.3 is 9.84 Å². The Morgan fingerprint density at radius 2 is 2.11 bits per heavy atom. The number of phenolic OH excluding ortho intramolecular Hbond substituents is 1. The van der Waals surface area contributed by atoms with Gasteiger partial charge in [0.2, 0.25) is 0 Å². The normalized spacial score (nSPS) is 19.4. The van der Waals surface area contributed by atoms with Crippen molar-refractivity contribution in [3.05, 3.63) is 42.0 Å². The predicted octanol–water partition coefficient (Wildman–Crippen LogP) is 2.77. The van der Waals surface area contributed by atoms with Crippen LogP contribution in [0.3, 0.4) is 0 Å². The summed E-state index contributed by atoms with van der Waals surface area (Å²) in [5, 5.41) is 12.4. The van der Waals surface area contributed by atoms with Gasteiger partial charge in [0.25, 0.3) is 0 Å². The second-order valence-electron chi connectivity index (χ2n) is 5.22. The molecule has 0 aliphatic carbocycles. The van der Waals surface area contributed by atoms with E-state index in [-0.39, 0.29) is 0 Å². The third-order valence-corrected chi connectivity index (χ3v) is 3.95. The molecule has 0 saturated carbocycles. The van der Waals surface area contributed by atoms with Crippen LogP contribution in [-0.2, 0) is 11.3 Å². The highest BCUT2D eigenvalue weighted by atomic mass is 16.5. The zero-order valence-electron chi connectivity index (χ0n) is 11.2. The van der Waals surface area contributed by atoms with Gasteiger partial charge >= 0.3 is 0 Å². The summed E-state index contributed by atoms with van der Waals surface area (Å²) in [5.74, 6) is 0.379. The number of fused-ring (bicyclic) bond motifs is 1. The zero-order valence-corrected chi connectivity index (χ0v) is 11.2. The molecular formula is C16H19NO2. The van der Waals surface area contributed by atoms with Crippen molar-refractivity contribution < 1.29 is 9.84 Å². The lowest BCUT2D eigenvalue weighted by Gasteiger charge is -2.24. The smallest absolute Gasteiger partial charge is 0.120 e. The summed E-state index contributed by atoms with van der Waals surface area (Å²) in [5.41, 5.74) is 1.01. The minimum Gasteiger partial charge on any atom is -0.508 e. The molecule has 1 heterocycles. The van der Waals surface area contributed by atoms with Crippen LogP contribution in [-0.4, -0.2) is 36.3 Å². The van der Waals surface area contributed by atoms with Crippen LogP contribution < -0.4 is 0 Å². The molecule has 3 heteroatoms. The molecule has 3 nitrogen and oxygen atoms in total. The van der Waals surface area contributed by atoms with Gasteiger partial charge in [0.15, 0.2) is 0 Å². The van der Waals surface area contributed by atoms with Gasteiger partial charge in [-0.25, -0.2) is 0 Å². The van der Waals surface area contributed by atoms with E-state index in [1.54, 1.807) is 6.07 Å². The topological polar surface area (TPSA) is 32.7 Å². The second kappa shape index (κ2) is 5.19. The highest BCUT2D eigenvalue weighted by Crippen LogP contribution is 2.29. The summed E-state index contributed by atoms with van der Waals surface area (Å²) in [6.07, 6.45) is 1.07. The Morgan fingerprint density at radius 1 is 1.26 bits per heavy atom. The number of likely N-dealkylation sites (N-methyl/N-ethyl adjacent to an activating group) is 1. The number of hydrogen-bond acceptors (Lipinski definition) is 3. The van der Waals surface area contributed by atoms with Gasteiger partial charge in [-0.1, -0.05) is 30.3 Å².